The van der Waals surface area contributed by atoms with Crippen LogP contribution in [0.2, 0.25) is 0 Å². The summed E-state index contributed by atoms with van der Waals surface area (Å²) in [5.41, 5.74) is 7.79. The van der Waals surface area contributed by atoms with Gasteiger partial charge in [0.05, 0.1) is 10.2 Å². The van der Waals surface area contributed by atoms with Crippen LogP contribution in [0, 0.1) is 3.57 Å². The number of fused-ring (bicyclic) bond motifs is 1. The maximum Gasteiger partial charge on any atom is 0.137 e. The van der Waals surface area contributed by atoms with Crippen LogP contribution in [0.3, 0.4) is 0 Å². The average molecular weight is 261 g/mol. The molecule has 0 fully saturated rings. The zero-order valence-electron chi connectivity index (χ0n) is 5.93. The SMILES string of the molecule is Nc1ccc(I)c2c1CCO2. The second kappa shape index (κ2) is 2.55. The number of ether oxygens (including phenoxy) is 1. The van der Waals surface area contributed by atoms with Gasteiger partial charge in [-0.05, 0) is 34.7 Å². The zero-order chi connectivity index (χ0) is 7.84. The second-order valence-electron chi connectivity index (χ2n) is 2.54. The van der Waals surface area contributed by atoms with Crippen molar-refractivity contribution in [1.82, 2.24) is 0 Å². The van der Waals surface area contributed by atoms with Crippen molar-refractivity contribution in [2.75, 3.05) is 12.3 Å². The fourth-order valence-electron chi connectivity index (χ4n) is 1.28. The van der Waals surface area contributed by atoms with Crippen LogP contribution in [0.25, 0.3) is 0 Å². The summed E-state index contributed by atoms with van der Waals surface area (Å²) in [6.45, 7) is 0.777. The van der Waals surface area contributed by atoms with Crippen molar-refractivity contribution in [2.45, 2.75) is 6.42 Å². The second-order valence-corrected chi connectivity index (χ2v) is 3.70. The van der Waals surface area contributed by atoms with Crippen LogP contribution in [0.1, 0.15) is 5.56 Å². The Labute approximate surface area is 78.9 Å². The standard InChI is InChI=1S/C8H8INO/c9-6-1-2-7(10)5-3-4-11-8(5)6/h1-2H,3-4,10H2. The molecule has 58 valence electrons. The molecule has 1 aromatic rings. The van der Waals surface area contributed by atoms with E-state index in [9.17, 15) is 0 Å². The van der Waals surface area contributed by atoms with Crippen molar-refractivity contribution in [3.8, 4) is 5.75 Å². The first-order valence-corrected chi connectivity index (χ1v) is 4.56. The molecule has 11 heavy (non-hydrogen) atoms. The summed E-state index contributed by atoms with van der Waals surface area (Å²) >= 11 is 2.26. The first kappa shape index (κ1) is 7.21. The Bertz CT molecular complexity index is 269. The van der Waals surface area contributed by atoms with Crippen molar-refractivity contribution in [3.05, 3.63) is 21.3 Å². The topological polar surface area (TPSA) is 35.2 Å². The van der Waals surface area contributed by atoms with Crippen LogP contribution in [-0.4, -0.2) is 6.61 Å². The lowest BCUT2D eigenvalue weighted by molar-refractivity contribution is 0.354. The van der Waals surface area contributed by atoms with Gasteiger partial charge in [0.15, 0.2) is 0 Å². The van der Waals surface area contributed by atoms with E-state index in [-0.39, 0.29) is 0 Å². The molecule has 1 aliphatic rings. The first-order valence-electron chi connectivity index (χ1n) is 3.48. The van der Waals surface area contributed by atoms with Gasteiger partial charge in [-0.25, -0.2) is 0 Å². The van der Waals surface area contributed by atoms with Crippen LogP contribution in [0.4, 0.5) is 5.69 Å². The van der Waals surface area contributed by atoms with E-state index < -0.39 is 0 Å². The summed E-state index contributed by atoms with van der Waals surface area (Å²) in [6.07, 6.45) is 0.956. The van der Waals surface area contributed by atoms with E-state index in [1.807, 2.05) is 12.1 Å². The van der Waals surface area contributed by atoms with Gasteiger partial charge in [-0.2, -0.15) is 0 Å². The Morgan fingerprint density at radius 1 is 1.45 bits per heavy atom. The number of hydrogen-bond donors (Lipinski definition) is 1. The zero-order valence-corrected chi connectivity index (χ0v) is 8.09. The molecule has 3 heteroatoms. The lowest BCUT2D eigenvalue weighted by atomic mass is 10.1. The van der Waals surface area contributed by atoms with Crippen molar-refractivity contribution >= 4 is 28.3 Å². The minimum Gasteiger partial charge on any atom is -0.492 e. The summed E-state index contributed by atoms with van der Waals surface area (Å²) in [7, 11) is 0. The molecule has 0 saturated heterocycles. The number of benzene rings is 1. The van der Waals surface area contributed by atoms with Gasteiger partial charge in [-0.1, -0.05) is 0 Å². The minimum absolute atomic E-state index is 0.777. The fraction of sp³-hybridized carbons (Fsp3) is 0.250. The molecule has 2 N–H and O–H groups in total. The molecule has 0 radical (unpaired) electrons. The van der Waals surface area contributed by atoms with E-state index in [0.29, 0.717) is 0 Å². The summed E-state index contributed by atoms with van der Waals surface area (Å²) in [5, 5.41) is 0. The van der Waals surface area contributed by atoms with Crippen molar-refractivity contribution in [3.63, 3.8) is 0 Å². The normalized spacial score (nSPS) is 14.3. The van der Waals surface area contributed by atoms with Gasteiger partial charge in [-0.3, -0.25) is 0 Å². The molecule has 0 bridgehead atoms. The predicted molar refractivity (Wildman–Crippen MR) is 52.8 cm³/mol. The summed E-state index contributed by atoms with van der Waals surface area (Å²) in [6, 6.07) is 3.93. The molecule has 0 aromatic heterocycles. The molecule has 0 amide bonds. The van der Waals surface area contributed by atoms with E-state index in [2.05, 4.69) is 22.6 Å². The number of hydrogen-bond acceptors (Lipinski definition) is 2. The van der Waals surface area contributed by atoms with Gasteiger partial charge in [-0.15, -0.1) is 0 Å². The third-order valence-electron chi connectivity index (χ3n) is 1.85. The molecular weight excluding hydrogens is 253 g/mol. The molecule has 0 spiro atoms. The minimum atomic E-state index is 0.777. The van der Waals surface area contributed by atoms with Crippen molar-refractivity contribution < 1.29 is 4.74 Å². The molecule has 1 aromatic carbocycles. The monoisotopic (exact) mass is 261 g/mol. The smallest absolute Gasteiger partial charge is 0.137 e. The molecule has 1 aliphatic heterocycles. The Morgan fingerprint density at radius 2 is 2.27 bits per heavy atom. The average Bonchev–Trinajstić information content (AvgIpc) is 2.45. The number of anilines is 1. The lowest BCUT2D eigenvalue weighted by Gasteiger charge is -2.03. The third kappa shape index (κ3) is 1.07. The molecule has 0 saturated carbocycles. The van der Waals surface area contributed by atoms with Crippen LogP contribution in [-0.2, 0) is 6.42 Å². The quantitative estimate of drug-likeness (QED) is 0.571. The maximum absolute atomic E-state index is 5.76. The molecule has 0 unspecified atom stereocenters. The van der Waals surface area contributed by atoms with E-state index in [1.54, 1.807) is 0 Å². The Morgan fingerprint density at radius 3 is 3.00 bits per heavy atom. The highest BCUT2D eigenvalue weighted by atomic mass is 127. The van der Waals surface area contributed by atoms with Gasteiger partial charge in [0, 0.05) is 17.7 Å². The van der Waals surface area contributed by atoms with E-state index in [4.69, 9.17) is 10.5 Å². The van der Waals surface area contributed by atoms with Crippen LogP contribution in [0.15, 0.2) is 12.1 Å². The van der Waals surface area contributed by atoms with Crippen molar-refractivity contribution in [1.29, 1.82) is 0 Å². The van der Waals surface area contributed by atoms with E-state index in [1.165, 1.54) is 5.56 Å². The number of nitrogen functional groups attached to an aromatic ring is 1. The highest BCUT2D eigenvalue weighted by Gasteiger charge is 2.17. The number of halogens is 1. The third-order valence-corrected chi connectivity index (χ3v) is 2.70. The van der Waals surface area contributed by atoms with E-state index >= 15 is 0 Å². The summed E-state index contributed by atoms with van der Waals surface area (Å²) < 4.78 is 6.58. The lowest BCUT2D eigenvalue weighted by Crippen LogP contribution is -1.91. The summed E-state index contributed by atoms with van der Waals surface area (Å²) in [5.74, 6) is 0.991. The van der Waals surface area contributed by atoms with Gasteiger partial charge in [0.2, 0.25) is 0 Å². The molecular formula is C8H8INO. The highest BCUT2D eigenvalue weighted by molar-refractivity contribution is 14.1. The predicted octanol–water partition coefficient (Wildman–Crippen LogP) is 1.81. The molecule has 0 atom stereocenters. The first-order chi connectivity index (χ1) is 5.29. The molecule has 2 nitrogen and oxygen atoms in total. The Hall–Kier alpha value is -0.450. The molecule has 2 rings (SSSR count). The Balaban J connectivity index is 2.64. The maximum atomic E-state index is 5.76. The number of nitrogens with two attached hydrogens (primary N) is 1. The molecule has 0 aliphatic carbocycles. The fourth-order valence-corrected chi connectivity index (χ4v) is 1.94. The van der Waals surface area contributed by atoms with Crippen molar-refractivity contribution in [2.24, 2.45) is 0 Å². The van der Waals surface area contributed by atoms with Crippen LogP contribution in [0.5, 0.6) is 5.75 Å². The van der Waals surface area contributed by atoms with Crippen LogP contribution < -0.4 is 10.5 Å². The van der Waals surface area contributed by atoms with Gasteiger partial charge < -0.3 is 10.5 Å². The Kier molecular flexibility index (Phi) is 1.67. The van der Waals surface area contributed by atoms with Gasteiger partial charge in [0.25, 0.3) is 0 Å². The largest absolute Gasteiger partial charge is 0.492 e. The van der Waals surface area contributed by atoms with Crippen LogP contribution >= 0.6 is 22.6 Å². The van der Waals surface area contributed by atoms with Gasteiger partial charge in [0.1, 0.15) is 5.75 Å². The molecule has 1 heterocycles. The van der Waals surface area contributed by atoms with Gasteiger partial charge >= 0.3 is 0 Å². The number of rotatable bonds is 0. The van der Waals surface area contributed by atoms with E-state index in [0.717, 1.165) is 28.0 Å². The summed E-state index contributed by atoms with van der Waals surface area (Å²) in [4.78, 5) is 0. The highest BCUT2D eigenvalue weighted by Crippen LogP contribution is 2.34.